The third-order valence-electron chi connectivity index (χ3n) is 4.64. The fraction of sp³-hybridized carbons (Fsp3) is 0.154. The number of benzene rings is 3. The maximum absolute atomic E-state index is 12.3. The second kappa shape index (κ2) is 13.0. The summed E-state index contributed by atoms with van der Waals surface area (Å²) in [6.07, 6.45) is 1.51. The number of amides is 2. The third-order valence-corrected chi connectivity index (χ3v) is 5.33. The molecule has 0 saturated heterocycles. The van der Waals surface area contributed by atoms with Gasteiger partial charge in [0.15, 0.2) is 11.5 Å². The van der Waals surface area contributed by atoms with Crippen molar-refractivity contribution >= 4 is 39.9 Å². The van der Waals surface area contributed by atoms with E-state index in [1.165, 1.54) is 6.21 Å². The number of halogens is 1. The zero-order valence-corrected chi connectivity index (χ0v) is 20.6. The molecule has 3 aromatic rings. The van der Waals surface area contributed by atoms with Crippen molar-refractivity contribution in [2.24, 2.45) is 5.10 Å². The third kappa shape index (κ3) is 7.79. The Morgan fingerprint density at radius 3 is 2.46 bits per heavy atom. The minimum absolute atomic E-state index is 0.0616. The molecule has 0 bridgehead atoms. The molecule has 0 heterocycles. The number of hydrazone groups is 1. The highest BCUT2D eigenvalue weighted by molar-refractivity contribution is 9.10. The summed E-state index contributed by atoms with van der Waals surface area (Å²) in [6, 6.07) is 20.6. The molecule has 2 N–H and O–H groups in total. The van der Waals surface area contributed by atoms with Crippen LogP contribution in [0, 0.1) is 0 Å². The van der Waals surface area contributed by atoms with E-state index >= 15 is 0 Å². The van der Waals surface area contributed by atoms with Crippen molar-refractivity contribution in [3.63, 3.8) is 0 Å². The van der Waals surface area contributed by atoms with E-state index in [2.05, 4.69) is 31.8 Å². The number of carbonyl (C=O) groups is 3. The standard InChI is InChI=1S/C26H24BrN3O5/c1-2-34-23-16-18(12-13-22(23)35-26(33)19-8-4-3-5-9-19)17-29-30-24(31)14-15-28-25(32)20-10-6-7-11-21(20)27/h3-13,16-17H,2,14-15H2,1H3,(H,28,32)(H,30,31). The van der Waals surface area contributed by atoms with Crippen LogP contribution in [0.1, 0.15) is 39.6 Å². The van der Waals surface area contributed by atoms with Crippen molar-refractivity contribution in [3.8, 4) is 11.5 Å². The first-order valence-corrected chi connectivity index (χ1v) is 11.7. The molecule has 3 aromatic carbocycles. The number of nitrogens with one attached hydrogen (secondary N) is 2. The molecule has 0 aliphatic rings. The van der Waals surface area contributed by atoms with Crippen molar-refractivity contribution in [1.29, 1.82) is 0 Å². The summed E-state index contributed by atoms with van der Waals surface area (Å²) in [5, 5.41) is 6.64. The lowest BCUT2D eigenvalue weighted by molar-refractivity contribution is -0.120. The average molecular weight is 538 g/mol. The molecule has 180 valence electrons. The molecule has 0 radical (unpaired) electrons. The van der Waals surface area contributed by atoms with E-state index in [1.54, 1.807) is 60.7 Å². The van der Waals surface area contributed by atoms with Crippen molar-refractivity contribution < 1.29 is 23.9 Å². The Kier molecular flexibility index (Phi) is 9.56. The van der Waals surface area contributed by atoms with Gasteiger partial charge >= 0.3 is 5.97 Å². The number of ether oxygens (including phenoxy) is 2. The fourth-order valence-corrected chi connectivity index (χ4v) is 3.42. The topological polar surface area (TPSA) is 106 Å². The molecule has 0 aliphatic carbocycles. The summed E-state index contributed by atoms with van der Waals surface area (Å²) in [6.45, 7) is 2.36. The van der Waals surface area contributed by atoms with E-state index in [9.17, 15) is 14.4 Å². The van der Waals surface area contributed by atoms with E-state index in [0.717, 1.165) is 0 Å². The summed E-state index contributed by atoms with van der Waals surface area (Å²) in [5.41, 5.74) is 3.98. The van der Waals surface area contributed by atoms with Crippen LogP contribution in [0.15, 0.2) is 82.4 Å². The van der Waals surface area contributed by atoms with Crippen LogP contribution >= 0.6 is 15.9 Å². The van der Waals surface area contributed by atoms with Gasteiger partial charge in [0.1, 0.15) is 0 Å². The number of rotatable bonds is 10. The van der Waals surface area contributed by atoms with Gasteiger partial charge in [0.25, 0.3) is 5.91 Å². The molecule has 0 aromatic heterocycles. The van der Waals surface area contributed by atoms with E-state index < -0.39 is 5.97 Å². The van der Waals surface area contributed by atoms with Crippen LogP contribution in [0.25, 0.3) is 0 Å². The molecule has 3 rings (SSSR count). The molecule has 35 heavy (non-hydrogen) atoms. The maximum Gasteiger partial charge on any atom is 0.343 e. The Morgan fingerprint density at radius 1 is 0.971 bits per heavy atom. The minimum Gasteiger partial charge on any atom is -0.490 e. The van der Waals surface area contributed by atoms with Crippen LogP contribution in [0.5, 0.6) is 11.5 Å². The second-order valence-electron chi connectivity index (χ2n) is 7.17. The lowest BCUT2D eigenvalue weighted by Crippen LogP contribution is -2.29. The fourth-order valence-electron chi connectivity index (χ4n) is 2.96. The average Bonchev–Trinajstić information content (AvgIpc) is 2.86. The molecule has 0 saturated carbocycles. The van der Waals surface area contributed by atoms with Gasteiger partial charge < -0.3 is 14.8 Å². The Balaban J connectivity index is 1.52. The Morgan fingerprint density at radius 2 is 1.71 bits per heavy atom. The van der Waals surface area contributed by atoms with E-state index in [4.69, 9.17) is 9.47 Å². The highest BCUT2D eigenvalue weighted by Crippen LogP contribution is 2.29. The van der Waals surface area contributed by atoms with Crippen LogP contribution < -0.4 is 20.2 Å². The summed E-state index contributed by atoms with van der Waals surface area (Å²) < 4.78 is 11.7. The normalized spacial score (nSPS) is 10.6. The van der Waals surface area contributed by atoms with Gasteiger partial charge in [0.2, 0.25) is 5.91 Å². The number of nitrogens with zero attached hydrogens (tertiary/aromatic N) is 1. The van der Waals surface area contributed by atoms with Crippen LogP contribution in [-0.2, 0) is 4.79 Å². The quantitative estimate of drug-likeness (QED) is 0.173. The molecule has 8 nitrogen and oxygen atoms in total. The van der Waals surface area contributed by atoms with E-state index in [-0.39, 0.29) is 30.5 Å². The Labute approximate surface area is 211 Å². The second-order valence-corrected chi connectivity index (χ2v) is 8.03. The molecule has 9 heteroatoms. The van der Waals surface area contributed by atoms with Crippen molar-refractivity contribution in [2.45, 2.75) is 13.3 Å². The molecule has 0 fully saturated rings. The largest absolute Gasteiger partial charge is 0.490 e. The summed E-state index contributed by atoms with van der Waals surface area (Å²) in [5.74, 6) is -0.464. The first-order chi connectivity index (χ1) is 17.0. The number of esters is 1. The Hall–Kier alpha value is -3.98. The lowest BCUT2D eigenvalue weighted by atomic mass is 10.2. The molecule has 0 spiro atoms. The number of hydrogen-bond donors (Lipinski definition) is 2. The molecule has 2 amide bonds. The van der Waals surface area contributed by atoms with E-state index in [0.29, 0.717) is 33.5 Å². The van der Waals surface area contributed by atoms with Crippen LogP contribution in [0.2, 0.25) is 0 Å². The van der Waals surface area contributed by atoms with Gasteiger partial charge in [-0.15, -0.1) is 0 Å². The smallest absolute Gasteiger partial charge is 0.343 e. The molecule has 0 aliphatic heterocycles. The number of carbonyl (C=O) groups excluding carboxylic acids is 3. The van der Waals surface area contributed by atoms with Gasteiger partial charge in [0.05, 0.1) is 23.9 Å². The van der Waals surface area contributed by atoms with Crippen LogP contribution in [-0.4, -0.2) is 37.1 Å². The Bertz CT molecular complexity index is 1210. The van der Waals surface area contributed by atoms with Crippen molar-refractivity contribution in [2.75, 3.05) is 13.2 Å². The van der Waals surface area contributed by atoms with Crippen molar-refractivity contribution in [3.05, 3.63) is 94.0 Å². The van der Waals surface area contributed by atoms with Gasteiger partial charge in [-0.3, -0.25) is 9.59 Å². The monoisotopic (exact) mass is 537 g/mol. The highest BCUT2D eigenvalue weighted by Gasteiger charge is 2.13. The summed E-state index contributed by atoms with van der Waals surface area (Å²) >= 11 is 3.32. The van der Waals surface area contributed by atoms with Crippen molar-refractivity contribution in [1.82, 2.24) is 10.7 Å². The SMILES string of the molecule is CCOc1cc(C=NNC(=O)CCNC(=O)c2ccccc2Br)ccc1OC(=O)c1ccccc1. The van der Waals surface area contributed by atoms with Crippen LogP contribution in [0.3, 0.4) is 0 Å². The van der Waals surface area contributed by atoms with Gasteiger partial charge in [-0.2, -0.15) is 5.10 Å². The predicted octanol–water partition coefficient (Wildman–Crippen LogP) is 4.34. The summed E-state index contributed by atoms with van der Waals surface area (Å²) in [7, 11) is 0. The van der Waals surface area contributed by atoms with Crippen LogP contribution in [0.4, 0.5) is 0 Å². The predicted molar refractivity (Wildman–Crippen MR) is 136 cm³/mol. The van der Waals surface area contributed by atoms with Gasteiger partial charge in [0, 0.05) is 17.4 Å². The zero-order valence-electron chi connectivity index (χ0n) is 19.0. The molecule has 0 unspecified atom stereocenters. The lowest BCUT2D eigenvalue weighted by Gasteiger charge is -2.11. The number of hydrogen-bond acceptors (Lipinski definition) is 6. The minimum atomic E-state index is -0.494. The van der Waals surface area contributed by atoms with Gasteiger partial charge in [-0.05, 0) is 70.9 Å². The first-order valence-electron chi connectivity index (χ1n) is 10.9. The molecular weight excluding hydrogens is 514 g/mol. The first kappa shape index (κ1) is 25.6. The van der Waals surface area contributed by atoms with Gasteiger partial charge in [-0.25, -0.2) is 10.2 Å². The van der Waals surface area contributed by atoms with Gasteiger partial charge in [-0.1, -0.05) is 30.3 Å². The highest BCUT2D eigenvalue weighted by atomic mass is 79.9. The molecular formula is C26H24BrN3O5. The molecule has 0 atom stereocenters. The maximum atomic E-state index is 12.3. The van der Waals surface area contributed by atoms with E-state index in [1.807, 2.05) is 19.1 Å². The summed E-state index contributed by atoms with van der Waals surface area (Å²) in [4.78, 5) is 36.5. The zero-order chi connectivity index (χ0) is 25.0.